The topological polar surface area (TPSA) is 50.8 Å². The molecule has 2 aromatic carbocycles. The lowest BCUT2D eigenvalue weighted by Gasteiger charge is -2.35. The average molecular weight is 401 g/mol. The number of rotatable bonds is 8. The molecule has 28 heavy (non-hydrogen) atoms. The molecular weight excluding hydrogens is 372 g/mol. The number of hydrogen-bond acceptors (Lipinski definition) is 5. The predicted molar refractivity (Wildman–Crippen MR) is 114 cm³/mol. The Morgan fingerprint density at radius 3 is 2.64 bits per heavy atom. The highest BCUT2D eigenvalue weighted by Gasteiger charge is 2.23. The van der Waals surface area contributed by atoms with Gasteiger partial charge in [-0.05, 0) is 41.6 Å². The van der Waals surface area contributed by atoms with E-state index in [1.807, 2.05) is 30.3 Å². The standard InChI is InChI=1S/C22H28N2O3S/c1-26-20-8-6-18(7-9-20)21(24-10-12-27-13-11-24)15-23-22(25)19-5-3-4-17(14-19)16-28-2/h3-9,14,21H,10-13,15-16H2,1-2H3,(H,23,25). The zero-order chi connectivity index (χ0) is 19.8. The average Bonchev–Trinajstić information content (AvgIpc) is 2.75. The summed E-state index contributed by atoms with van der Waals surface area (Å²) in [6.07, 6.45) is 2.06. The van der Waals surface area contributed by atoms with Gasteiger partial charge in [-0.1, -0.05) is 24.3 Å². The van der Waals surface area contributed by atoms with E-state index >= 15 is 0 Å². The molecule has 2 aromatic rings. The van der Waals surface area contributed by atoms with Crippen molar-refractivity contribution >= 4 is 17.7 Å². The molecule has 5 nitrogen and oxygen atoms in total. The fourth-order valence-corrected chi connectivity index (χ4v) is 3.95. The van der Waals surface area contributed by atoms with E-state index in [2.05, 4.69) is 34.7 Å². The van der Waals surface area contributed by atoms with Crippen LogP contribution in [0.1, 0.15) is 27.5 Å². The van der Waals surface area contributed by atoms with Gasteiger partial charge >= 0.3 is 0 Å². The van der Waals surface area contributed by atoms with Crippen LogP contribution in [0, 0.1) is 0 Å². The number of methoxy groups -OCH3 is 1. The van der Waals surface area contributed by atoms with Crippen LogP contribution in [0.4, 0.5) is 0 Å². The van der Waals surface area contributed by atoms with Crippen molar-refractivity contribution in [1.29, 1.82) is 0 Å². The van der Waals surface area contributed by atoms with Gasteiger partial charge in [-0.15, -0.1) is 0 Å². The van der Waals surface area contributed by atoms with E-state index in [0.29, 0.717) is 12.1 Å². The summed E-state index contributed by atoms with van der Waals surface area (Å²) in [5, 5.41) is 3.13. The first-order valence-electron chi connectivity index (χ1n) is 9.53. The molecular formula is C22H28N2O3S. The lowest BCUT2D eigenvalue weighted by molar-refractivity contribution is 0.0162. The molecule has 0 saturated carbocycles. The summed E-state index contributed by atoms with van der Waals surface area (Å²) in [6.45, 7) is 3.71. The third kappa shape index (κ3) is 5.50. The van der Waals surface area contributed by atoms with Crippen LogP contribution >= 0.6 is 11.8 Å². The molecule has 1 atom stereocenters. The Labute approximate surface area is 171 Å². The highest BCUT2D eigenvalue weighted by Crippen LogP contribution is 2.24. The smallest absolute Gasteiger partial charge is 0.251 e. The Bertz CT molecular complexity index is 761. The number of nitrogens with one attached hydrogen (secondary N) is 1. The molecule has 1 saturated heterocycles. The molecule has 1 amide bonds. The highest BCUT2D eigenvalue weighted by molar-refractivity contribution is 7.97. The fourth-order valence-electron chi connectivity index (χ4n) is 3.43. The van der Waals surface area contributed by atoms with Crippen molar-refractivity contribution in [2.45, 2.75) is 11.8 Å². The molecule has 0 bridgehead atoms. The van der Waals surface area contributed by atoms with Gasteiger partial charge < -0.3 is 14.8 Å². The molecule has 150 valence electrons. The first kappa shape index (κ1) is 20.7. The molecule has 1 N–H and O–H groups in total. The normalized spacial score (nSPS) is 15.8. The lowest BCUT2D eigenvalue weighted by atomic mass is 10.0. The monoisotopic (exact) mass is 400 g/mol. The van der Waals surface area contributed by atoms with E-state index in [-0.39, 0.29) is 11.9 Å². The van der Waals surface area contributed by atoms with Crippen LogP contribution in [0.5, 0.6) is 5.75 Å². The number of carbonyl (C=O) groups is 1. The maximum atomic E-state index is 12.7. The van der Waals surface area contributed by atoms with E-state index in [4.69, 9.17) is 9.47 Å². The van der Waals surface area contributed by atoms with Crippen LogP contribution in [0.3, 0.4) is 0 Å². The number of ether oxygens (including phenoxy) is 2. The Morgan fingerprint density at radius 2 is 1.96 bits per heavy atom. The third-order valence-electron chi connectivity index (χ3n) is 4.94. The zero-order valence-corrected chi connectivity index (χ0v) is 17.3. The molecule has 1 aliphatic rings. The number of thioether (sulfide) groups is 1. The minimum atomic E-state index is -0.0327. The first-order valence-corrected chi connectivity index (χ1v) is 10.9. The summed E-state index contributed by atoms with van der Waals surface area (Å²) in [7, 11) is 1.67. The maximum Gasteiger partial charge on any atom is 0.251 e. The number of hydrogen-bond donors (Lipinski definition) is 1. The van der Waals surface area contributed by atoms with Gasteiger partial charge in [0.15, 0.2) is 0 Å². The number of amides is 1. The first-order chi connectivity index (χ1) is 13.7. The molecule has 1 heterocycles. The summed E-state index contributed by atoms with van der Waals surface area (Å²) in [6, 6.07) is 16.0. The molecule has 0 aliphatic carbocycles. The van der Waals surface area contributed by atoms with Crippen molar-refractivity contribution in [3.63, 3.8) is 0 Å². The number of morpholine rings is 1. The van der Waals surface area contributed by atoms with Crippen molar-refractivity contribution in [3.05, 3.63) is 65.2 Å². The van der Waals surface area contributed by atoms with Gasteiger partial charge in [-0.3, -0.25) is 9.69 Å². The fraction of sp³-hybridized carbons (Fsp3) is 0.409. The van der Waals surface area contributed by atoms with Crippen molar-refractivity contribution in [2.24, 2.45) is 0 Å². The van der Waals surface area contributed by atoms with Gasteiger partial charge in [0.05, 0.1) is 26.4 Å². The predicted octanol–water partition coefficient (Wildman–Crippen LogP) is 3.36. The number of carbonyl (C=O) groups excluding carboxylic acids is 1. The van der Waals surface area contributed by atoms with Crippen LogP contribution in [0.25, 0.3) is 0 Å². The molecule has 1 fully saturated rings. The van der Waals surface area contributed by atoms with E-state index in [9.17, 15) is 4.79 Å². The summed E-state index contributed by atoms with van der Waals surface area (Å²) in [4.78, 5) is 15.1. The third-order valence-corrected chi connectivity index (χ3v) is 5.57. The van der Waals surface area contributed by atoms with E-state index in [1.165, 1.54) is 11.1 Å². The van der Waals surface area contributed by atoms with Crippen molar-refractivity contribution in [2.75, 3.05) is 46.2 Å². The zero-order valence-electron chi connectivity index (χ0n) is 16.5. The van der Waals surface area contributed by atoms with Gasteiger partial charge in [0.2, 0.25) is 0 Å². The van der Waals surface area contributed by atoms with Gasteiger partial charge in [0.1, 0.15) is 5.75 Å². The minimum Gasteiger partial charge on any atom is -0.497 e. The van der Waals surface area contributed by atoms with E-state index in [1.54, 1.807) is 18.9 Å². The summed E-state index contributed by atoms with van der Waals surface area (Å²) in [5.74, 6) is 1.71. The Kier molecular flexibility index (Phi) is 7.77. The molecule has 0 radical (unpaired) electrons. The minimum absolute atomic E-state index is 0.0327. The van der Waals surface area contributed by atoms with Gasteiger partial charge in [-0.2, -0.15) is 11.8 Å². The Balaban J connectivity index is 1.71. The van der Waals surface area contributed by atoms with Crippen molar-refractivity contribution in [1.82, 2.24) is 10.2 Å². The maximum absolute atomic E-state index is 12.7. The quantitative estimate of drug-likeness (QED) is 0.736. The van der Waals surface area contributed by atoms with Crippen LogP contribution in [-0.4, -0.2) is 57.0 Å². The number of nitrogens with zero attached hydrogens (tertiary/aromatic N) is 1. The molecule has 1 aliphatic heterocycles. The van der Waals surface area contributed by atoms with Crippen molar-refractivity contribution < 1.29 is 14.3 Å². The van der Waals surface area contributed by atoms with Crippen LogP contribution in [0.2, 0.25) is 0 Å². The second-order valence-corrected chi connectivity index (χ2v) is 7.65. The summed E-state index contributed by atoms with van der Waals surface area (Å²) >= 11 is 1.75. The van der Waals surface area contributed by atoms with Crippen LogP contribution in [-0.2, 0) is 10.5 Å². The molecule has 6 heteroatoms. The highest BCUT2D eigenvalue weighted by atomic mass is 32.2. The van der Waals surface area contributed by atoms with Crippen LogP contribution in [0.15, 0.2) is 48.5 Å². The Morgan fingerprint density at radius 1 is 1.21 bits per heavy atom. The van der Waals surface area contributed by atoms with Gasteiger partial charge in [0.25, 0.3) is 5.91 Å². The van der Waals surface area contributed by atoms with Crippen LogP contribution < -0.4 is 10.1 Å². The van der Waals surface area contributed by atoms with Gasteiger partial charge in [0, 0.05) is 31.0 Å². The second kappa shape index (κ2) is 10.5. The lowest BCUT2D eigenvalue weighted by Crippen LogP contribution is -2.43. The second-order valence-electron chi connectivity index (χ2n) is 6.78. The number of benzene rings is 2. The molecule has 0 spiro atoms. The van der Waals surface area contributed by atoms with E-state index < -0.39 is 0 Å². The molecule has 0 aromatic heterocycles. The van der Waals surface area contributed by atoms with Crippen molar-refractivity contribution in [3.8, 4) is 5.75 Å². The molecule has 3 rings (SSSR count). The summed E-state index contributed by atoms with van der Waals surface area (Å²) in [5.41, 5.74) is 3.04. The van der Waals surface area contributed by atoms with E-state index in [0.717, 1.165) is 37.8 Å². The largest absolute Gasteiger partial charge is 0.497 e. The molecule has 1 unspecified atom stereocenters. The Hall–Kier alpha value is -2.02. The summed E-state index contributed by atoms with van der Waals surface area (Å²) < 4.78 is 10.8. The SMILES string of the molecule is COc1ccc(C(CNC(=O)c2cccc(CSC)c2)N2CCOCC2)cc1. The van der Waals surface area contributed by atoms with Gasteiger partial charge in [-0.25, -0.2) is 0 Å².